The molecule has 76 valence electrons. The average Bonchev–Trinajstić information content (AvgIpc) is 2.37. The zero-order valence-electron chi connectivity index (χ0n) is 8.06. The van der Waals surface area contributed by atoms with Crippen LogP contribution in [0.1, 0.15) is 21.7 Å². The molecule has 4 nitrogen and oxygen atoms in total. The molecular formula is C9H12N2O2S. The first-order chi connectivity index (χ1) is 6.57. The lowest BCUT2D eigenvalue weighted by Crippen LogP contribution is -2.06. The van der Waals surface area contributed by atoms with Crippen molar-refractivity contribution in [1.82, 2.24) is 9.78 Å². The standard InChI is InChI=1S/C9H12N2O2S/c1-6-7(4-3-5-14)8(9(12)13)11(2)10-6/h3-4,14H,5H2,1-2H3,(H,12,13). The van der Waals surface area contributed by atoms with Crippen molar-refractivity contribution < 1.29 is 9.90 Å². The molecule has 0 saturated heterocycles. The molecule has 14 heavy (non-hydrogen) atoms. The Balaban J connectivity index is 3.25. The monoisotopic (exact) mass is 212 g/mol. The van der Waals surface area contributed by atoms with E-state index >= 15 is 0 Å². The van der Waals surface area contributed by atoms with Crippen molar-refractivity contribution in [2.45, 2.75) is 6.92 Å². The van der Waals surface area contributed by atoms with Gasteiger partial charge in [-0.15, -0.1) is 0 Å². The number of carboxylic acid groups (broad SMARTS) is 1. The van der Waals surface area contributed by atoms with Crippen molar-refractivity contribution in [3.8, 4) is 0 Å². The van der Waals surface area contributed by atoms with Gasteiger partial charge in [-0.3, -0.25) is 4.68 Å². The Morgan fingerprint density at radius 3 is 2.86 bits per heavy atom. The van der Waals surface area contributed by atoms with E-state index in [1.807, 2.05) is 0 Å². The molecular weight excluding hydrogens is 200 g/mol. The lowest BCUT2D eigenvalue weighted by molar-refractivity contribution is 0.0685. The molecule has 0 aliphatic carbocycles. The van der Waals surface area contributed by atoms with Crippen molar-refractivity contribution in [3.05, 3.63) is 23.0 Å². The number of aryl methyl sites for hydroxylation is 2. The van der Waals surface area contributed by atoms with E-state index in [1.165, 1.54) is 4.68 Å². The Hall–Kier alpha value is -1.23. The Morgan fingerprint density at radius 1 is 1.71 bits per heavy atom. The highest BCUT2D eigenvalue weighted by molar-refractivity contribution is 7.80. The highest BCUT2D eigenvalue weighted by Crippen LogP contribution is 2.14. The van der Waals surface area contributed by atoms with Gasteiger partial charge in [-0.25, -0.2) is 4.79 Å². The molecule has 0 radical (unpaired) electrons. The number of carbonyl (C=O) groups is 1. The summed E-state index contributed by atoms with van der Waals surface area (Å²) in [5, 5.41) is 13.0. The summed E-state index contributed by atoms with van der Waals surface area (Å²) >= 11 is 4.02. The molecule has 1 rings (SSSR count). The lowest BCUT2D eigenvalue weighted by atomic mass is 10.2. The Morgan fingerprint density at radius 2 is 2.36 bits per heavy atom. The third kappa shape index (κ3) is 1.98. The maximum atomic E-state index is 10.9. The fourth-order valence-electron chi connectivity index (χ4n) is 1.30. The largest absolute Gasteiger partial charge is 0.477 e. The number of aromatic carboxylic acids is 1. The highest BCUT2D eigenvalue weighted by Gasteiger charge is 2.16. The van der Waals surface area contributed by atoms with Crippen molar-refractivity contribution >= 4 is 24.7 Å². The maximum absolute atomic E-state index is 10.9. The Bertz CT molecular complexity index is 382. The van der Waals surface area contributed by atoms with E-state index < -0.39 is 5.97 Å². The number of nitrogens with zero attached hydrogens (tertiary/aromatic N) is 2. The molecule has 1 aromatic heterocycles. The second-order valence-electron chi connectivity index (χ2n) is 2.86. The minimum absolute atomic E-state index is 0.209. The number of carboxylic acids is 1. The van der Waals surface area contributed by atoms with Crippen LogP contribution in [0.2, 0.25) is 0 Å². The van der Waals surface area contributed by atoms with E-state index in [4.69, 9.17) is 5.11 Å². The number of hydrogen-bond donors (Lipinski definition) is 2. The van der Waals surface area contributed by atoms with Gasteiger partial charge >= 0.3 is 5.97 Å². The van der Waals surface area contributed by atoms with Gasteiger partial charge in [0.1, 0.15) is 0 Å². The van der Waals surface area contributed by atoms with Crippen LogP contribution >= 0.6 is 12.6 Å². The normalized spacial score (nSPS) is 11.1. The molecule has 0 aliphatic rings. The number of rotatable bonds is 3. The zero-order valence-corrected chi connectivity index (χ0v) is 8.95. The topological polar surface area (TPSA) is 55.1 Å². The SMILES string of the molecule is Cc1nn(C)c(C(=O)O)c1C=CCS. The molecule has 0 aromatic carbocycles. The van der Waals surface area contributed by atoms with Crippen LogP contribution in [0, 0.1) is 6.92 Å². The second-order valence-corrected chi connectivity index (χ2v) is 3.23. The molecule has 0 unspecified atom stereocenters. The summed E-state index contributed by atoms with van der Waals surface area (Å²) < 4.78 is 1.37. The molecule has 1 heterocycles. The smallest absolute Gasteiger partial charge is 0.354 e. The van der Waals surface area contributed by atoms with Gasteiger partial charge in [0.2, 0.25) is 0 Å². The van der Waals surface area contributed by atoms with E-state index in [0.29, 0.717) is 17.0 Å². The predicted octanol–water partition coefficient (Wildman–Crippen LogP) is 1.37. The van der Waals surface area contributed by atoms with E-state index in [9.17, 15) is 4.79 Å². The minimum atomic E-state index is -0.966. The van der Waals surface area contributed by atoms with E-state index in [0.717, 1.165) is 0 Å². The second kappa shape index (κ2) is 4.32. The van der Waals surface area contributed by atoms with E-state index in [1.54, 1.807) is 26.1 Å². The van der Waals surface area contributed by atoms with Gasteiger partial charge in [0.05, 0.1) is 5.69 Å². The first-order valence-corrected chi connectivity index (χ1v) is 4.75. The number of thiol groups is 1. The Labute approximate surface area is 87.6 Å². The minimum Gasteiger partial charge on any atom is -0.477 e. The van der Waals surface area contributed by atoms with Crippen LogP contribution in [0.5, 0.6) is 0 Å². The average molecular weight is 212 g/mol. The Kier molecular flexibility index (Phi) is 3.35. The van der Waals surface area contributed by atoms with Crippen LogP contribution in [-0.4, -0.2) is 26.6 Å². The molecule has 1 aromatic rings. The molecule has 0 aliphatic heterocycles. The molecule has 0 saturated carbocycles. The van der Waals surface area contributed by atoms with Crippen LogP contribution in [0.4, 0.5) is 0 Å². The predicted molar refractivity (Wildman–Crippen MR) is 57.8 cm³/mol. The molecule has 5 heteroatoms. The van der Waals surface area contributed by atoms with Crippen molar-refractivity contribution in [2.75, 3.05) is 5.75 Å². The summed E-state index contributed by atoms with van der Waals surface area (Å²) in [5.41, 5.74) is 1.57. The maximum Gasteiger partial charge on any atom is 0.354 e. The quantitative estimate of drug-likeness (QED) is 0.744. The van der Waals surface area contributed by atoms with Gasteiger partial charge in [0.15, 0.2) is 5.69 Å². The summed E-state index contributed by atoms with van der Waals surface area (Å²) in [6.45, 7) is 1.78. The third-order valence-corrected chi connectivity index (χ3v) is 2.07. The molecule has 0 amide bonds. The van der Waals surface area contributed by atoms with Crippen LogP contribution in [-0.2, 0) is 7.05 Å². The summed E-state index contributed by atoms with van der Waals surface area (Å²) in [4.78, 5) is 10.9. The lowest BCUT2D eigenvalue weighted by Gasteiger charge is -1.96. The van der Waals surface area contributed by atoms with E-state index in [2.05, 4.69) is 17.7 Å². The van der Waals surface area contributed by atoms with Crippen LogP contribution in [0.25, 0.3) is 6.08 Å². The van der Waals surface area contributed by atoms with E-state index in [-0.39, 0.29) is 5.69 Å². The van der Waals surface area contributed by atoms with Gasteiger partial charge in [0, 0.05) is 18.4 Å². The van der Waals surface area contributed by atoms with Gasteiger partial charge in [-0.05, 0) is 6.92 Å². The van der Waals surface area contributed by atoms with Gasteiger partial charge < -0.3 is 5.11 Å². The summed E-state index contributed by atoms with van der Waals surface area (Å²) in [5.74, 6) is -0.389. The molecule has 0 atom stereocenters. The van der Waals surface area contributed by atoms with Crippen LogP contribution < -0.4 is 0 Å². The molecule has 0 bridgehead atoms. The number of aromatic nitrogens is 2. The number of hydrogen-bond acceptors (Lipinski definition) is 3. The summed E-state index contributed by atoms with van der Waals surface area (Å²) in [6.07, 6.45) is 3.53. The van der Waals surface area contributed by atoms with Crippen molar-refractivity contribution in [2.24, 2.45) is 7.05 Å². The van der Waals surface area contributed by atoms with Crippen LogP contribution in [0.3, 0.4) is 0 Å². The third-order valence-electron chi connectivity index (χ3n) is 1.86. The van der Waals surface area contributed by atoms with Gasteiger partial charge in [-0.2, -0.15) is 17.7 Å². The van der Waals surface area contributed by atoms with Crippen molar-refractivity contribution in [1.29, 1.82) is 0 Å². The first-order valence-electron chi connectivity index (χ1n) is 4.12. The van der Waals surface area contributed by atoms with Gasteiger partial charge in [-0.1, -0.05) is 12.2 Å². The first kappa shape index (κ1) is 10.8. The molecule has 0 fully saturated rings. The summed E-state index contributed by atoms with van der Waals surface area (Å²) in [6, 6.07) is 0. The van der Waals surface area contributed by atoms with Crippen LogP contribution in [0.15, 0.2) is 6.08 Å². The summed E-state index contributed by atoms with van der Waals surface area (Å²) in [7, 11) is 1.62. The fraction of sp³-hybridized carbons (Fsp3) is 0.333. The molecule has 0 spiro atoms. The van der Waals surface area contributed by atoms with Gasteiger partial charge in [0.25, 0.3) is 0 Å². The highest BCUT2D eigenvalue weighted by atomic mass is 32.1. The zero-order chi connectivity index (χ0) is 10.7. The molecule has 1 N–H and O–H groups in total. The van der Waals surface area contributed by atoms with Crippen molar-refractivity contribution in [3.63, 3.8) is 0 Å². The fourth-order valence-corrected chi connectivity index (χ4v) is 1.40.